The first-order chi connectivity index (χ1) is 12.9. The predicted molar refractivity (Wildman–Crippen MR) is 115 cm³/mol. The summed E-state index contributed by atoms with van der Waals surface area (Å²) < 4.78 is 0. The van der Waals surface area contributed by atoms with Crippen LogP contribution in [0.3, 0.4) is 0 Å². The Morgan fingerprint density at radius 3 is 1.00 bits per heavy atom. The van der Waals surface area contributed by atoms with Crippen LogP contribution in [0.25, 0.3) is 34.4 Å². The van der Waals surface area contributed by atoms with Gasteiger partial charge >= 0.3 is 0 Å². The van der Waals surface area contributed by atoms with E-state index >= 15 is 0 Å². The zero-order chi connectivity index (χ0) is 17.6. The van der Waals surface area contributed by atoms with Gasteiger partial charge in [-0.25, -0.2) is 0 Å². The van der Waals surface area contributed by atoms with Gasteiger partial charge in [0.25, 0.3) is 0 Å². The molecule has 4 aromatic rings. The van der Waals surface area contributed by atoms with Crippen LogP contribution in [0, 0.1) is 0 Å². The third-order valence-corrected chi connectivity index (χ3v) is 4.50. The maximum absolute atomic E-state index is 2.17. The van der Waals surface area contributed by atoms with Crippen molar-refractivity contribution < 1.29 is 1.43 Å². The van der Waals surface area contributed by atoms with E-state index in [1.807, 2.05) is 12.1 Å². The van der Waals surface area contributed by atoms with Crippen LogP contribution in [0.2, 0.25) is 0 Å². The van der Waals surface area contributed by atoms with E-state index in [1.54, 1.807) is 0 Å². The Labute approximate surface area is 156 Å². The van der Waals surface area contributed by atoms with E-state index in [0.717, 1.165) is 0 Å². The summed E-state index contributed by atoms with van der Waals surface area (Å²) in [6.07, 6.45) is 4.32. The Morgan fingerprint density at radius 1 is 0.346 bits per heavy atom. The van der Waals surface area contributed by atoms with Crippen LogP contribution in [0.5, 0.6) is 0 Å². The molecule has 0 nitrogen and oxygen atoms in total. The van der Waals surface area contributed by atoms with E-state index in [1.165, 1.54) is 33.4 Å². The van der Waals surface area contributed by atoms with Crippen molar-refractivity contribution in [2.45, 2.75) is 0 Å². The van der Waals surface area contributed by atoms with Crippen LogP contribution in [0.1, 0.15) is 12.6 Å². The Kier molecular flexibility index (Phi) is 4.75. The van der Waals surface area contributed by atoms with E-state index in [4.69, 9.17) is 0 Å². The summed E-state index contributed by atoms with van der Waals surface area (Å²) in [7, 11) is 0. The van der Waals surface area contributed by atoms with Gasteiger partial charge in [-0.2, -0.15) is 0 Å². The maximum atomic E-state index is 2.17. The molecule has 4 aromatic carbocycles. The van der Waals surface area contributed by atoms with Gasteiger partial charge in [-0.15, -0.1) is 0 Å². The lowest BCUT2D eigenvalue weighted by molar-refractivity contribution is 1.59. The van der Waals surface area contributed by atoms with Gasteiger partial charge in [0.2, 0.25) is 0 Å². The normalized spacial score (nSPS) is 10.9. The first kappa shape index (κ1) is 16.1. The topological polar surface area (TPSA) is 0 Å². The van der Waals surface area contributed by atoms with Gasteiger partial charge in [0.1, 0.15) is 0 Å². The molecule has 0 saturated heterocycles. The van der Waals surface area contributed by atoms with Crippen molar-refractivity contribution in [3.63, 3.8) is 0 Å². The lowest BCUT2D eigenvalue weighted by atomic mass is 10.0. The number of hydrogen-bond acceptors (Lipinski definition) is 0. The molecule has 0 amide bonds. The summed E-state index contributed by atoms with van der Waals surface area (Å²) >= 11 is 0. The van der Waals surface area contributed by atoms with Gasteiger partial charge < -0.3 is 0 Å². The van der Waals surface area contributed by atoms with Crippen molar-refractivity contribution in [3.8, 4) is 22.3 Å². The summed E-state index contributed by atoms with van der Waals surface area (Å²) in [6.45, 7) is 0. The quantitative estimate of drug-likeness (QED) is 0.340. The second-order valence-corrected chi connectivity index (χ2v) is 6.31. The zero-order valence-electron chi connectivity index (χ0n) is 14.5. The van der Waals surface area contributed by atoms with Gasteiger partial charge in [-0.05, 0) is 33.4 Å². The highest BCUT2D eigenvalue weighted by atomic mass is 14.0. The lowest BCUT2D eigenvalue weighted by Gasteiger charge is -2.03. The predicted octanol–water partition coefficient (Wildman–Crippen LogP) is 7.44. The Bertz CT molecular complexity index is 899. The van der Waals surface area contributed by atoms with Gasteiger partial charge in [-0.3, -0.25) is 0 Å². The molecule has 126 valence electrons. The molecule has 0 heterocycles. The molecule has 0 unspecified atom stereocenters. The van der Waals surface area contributed by atoms with Crippen LogP contribution in [-0.4, -0.2) is 0 Å². The summed E-state index contributed by atoms with van der Waals surface area (Å²) in [5.41, 5.74) is 7.40. The summed E-state index contributed by atoms with van der Waals surface area (Å²) in [5, 5.41) is 0. The van der Waals surface area contributed by atoms with E-state index in [9.17, 15) is 0 Å². The summed E-state index contributed by atoms with van der Waals surface area (Å²) in [6, 6.07) is 38.3. The van der Waals surface area contributed by atoms with Crippen molar-refractivity contribution in [2.75, 3.05) is 0 Å². The highest BCUT2D eigenvalue weighted by Gasteiger charge is 1.97. The van der Waals surface area contributed by atoms with Crippen molar-refractivity contribution in [1.29, 1.82) is 0 Å². The lowest BCUT2D eigenvalue weighted by Crippen LogP contribution is -1.79. The van der Waals surface area contributed by atoms with E-state index in [-0.39, 0.29) is 1.43 Å². The molecule has 0 radical (unpaired) electrons. The van der Waals surface area contributed by atoms with Gasteiger partial charge in [0, 0.05) is 1.43 Å². The largest absolute Gasteiger partial charge is 0.0622 e. The molecule has 0 saturated carbocycles. The summed E-state index contributed by atoms with van der Waals surface area (Å²) in [4.78, 5) is 0. The molecule has 0 heteroatoms. The molecular formula is C26H22. The van der Waals surface area contributed by atoms with Crippen LogP contribution in [0.15, 0.2) is 109 Å². The standard InChI is InChI=1S/C26H20.H2/c1-3-7-23(8-4-1)25-17-13-21(14-18-25)11-12-22-15-19-26(20-16-22)24-9-5-2-6-10-24;/h1-20H;1H. The highest BCUT2D eigenvalue weighted by Crippen LogP contribution is 2.22. The van der Waals surface area contributed by atoms with Crippen molar-refractivity contribution in [2.24, 2.45) is 0 Å². The third-order valence-electron chi connectivity index (χ3n) is 4.50. The fraction of sp³-hybridized carbons (Fsp3) is 0. The molecule has 0 atom stereocenters. The van der Waals surface area contributed by atoms with E-state index in [2.05, 4.69) is 109 Å². The van der Waals surface area contributed by atoms with E-state index < -0.39 is 0 Å². The number of benzene rings is 4. The maximum Gasteiger partial charge on any atom is 0 e. The third kappa shape index (κ3) is 3.81. The number of rotatable bonds is 4. The second-order valence-electron chi connectivity index (χ2n) is 6.31. The molecule has 0 aliphatic rings. The minimum Gasteiger partial charge on any atom is -0.0622 e. The van der Waals surface area contributed by atoms with E-state index in [0.29, 0.717) is 0 Å². The smallest absolute Gasteiger partial charge is 0 e. The molecule has 0 aliphatic carbocycles. The van der Waals surface area contributed by atoms with Crippen LogP contribution in [0.4, 0.5) is 0 Å². The Balaban J connectivity index is 0.00000210. The fourth-order valence-corrected chi connectivity index (χ4v) is 3.03. The average Bonchev–Trinajstić information content (AvgIpc) is 2.74. The van der Waals surface area contributed by atoms with Crippen LogP contribution >= 0.6 is 0 Å². The Hall–Kier alpha value is -3.38. The average molecular weight is 334 g/mol. The molecule has 4 rings (SSSR count). The van der Waals surface area contributed by atoms with Crippen molar-refractivity contribution in [3.05, 3.63) is 120 Å². The minimum absolute atomic E-state index is 0. The van der Waals surface area contributed by atoms with Crippen molar-refractivity contribution in [1.82, 2.24) is 0 Å². The molecule has 0 bridgehead atoms. The molecular weight excluding hydrogens is 312 g/mol. The highest BCUT2D eigenvalue weighted by molar-refractivity contribution is 5.73. The second kappa shape index (κ2) is 7.67. The minimum atomic E-state index is 0. The molecule has 0 fully saturated rings. The molecule has 0 spiro atoms. The molecule has 0 aliphatic heterocycles. The monoisotopic (exact) mass is 334 g/mol. The van der Waals surface area contributed by atoms with Crippen LogP contribution in [-0.2, 0) is 0 Å². The van der Waals surface area contributed by atoms with Gasteiger partial charge in [0.15, 0.2) is 0 Å². The van der Waals surface area contributed by atoms with Gasteiger partial charge in [-0.1, -0.05) is 121 Å². The molecule has 26 heavy (non-hydrogen) atoms. The van der Waals surface area contributed by atoms with Gasteiger partial charge in [0.05, 0.1) is 0 Å². The first-order valence-electron chi connectivity index (χ1n) is 8.87. The fourth-order valence-electron chi connectivity index (χ4n) is 3.03. The zero-order valence-corrected chi connectivity index (χ0v) is 14.5. The molecule has 0 N–H and O–H groups in total. The first-order valence-corrected chi connectivity index (χ1v) is 8.87. The van der Waals surface area contributed by atoms with Crippen molar-refractivity contribution >= 4 is 12.2 Å². The van der Waals surface area contributed by atoms with Crippen LogP contribution < -0.4 is 0 Å². The number of hydrogen-bond donors (Lipinski definition) is 0. The Morgan fingerprint density at radius 2 is 0.654 bits per heavy atom. The molecule has 0 aromatic heterocycles. The SMILES string of the molecule is C(=Cc1ccc(-c2ccccc2)cc1)c1ccc(-c2ccccc2)cc1.[HH]. The summed E-state index contributed by atoms with van der Waals surface area (Å²) in [5.74, 6) is 0.